The van der Waals surface area contributed by atoms with Crippen LogP contribution in [0.1, 0.15) is 0 Å². The van der Waals surface area contributed by atoms with Gasteiger partial charge in [0.2, 0.25) is 0 Å². The maximum absolute atomic E-state index is 8.30. The summed E-state index contributed by atoms with van der Waals surface area (Å²) in [5.74, 6) is 0. The quantitative estimate of drug-likeness (QED) is 0.448. The Labute approximate surface area is 36.7 Å². The highest BCUT2D eigenvalue weighted by Gasteiger charge is 1.87. The van der Waals surface area contributed by atoms with Gasteiger partial charge in [0.15, 0.2) is 0 Å². The summed E-state index contributed by atoms with van der Waals surface area (Å²) in [6.45, 7) is 2.99. The van der Waals surface area contributed by atoms with Crippen LogP contribution in [-0.4, -0.2) is 22.9 Å². The number of rotatable bonds is 2. The van der Waals surface area contributed by atoms with Crippen molar-refractivity contribution in [2.45, 2.75) is 6.10 Å². The molecule has 0 saturated heterocycles. The van der Waals surface area contributed by atoms with E-state index in [1.165, 1.54) is 6.08 Å². The van der Waals surface area contributed by atoms with Crippen LogP contribution in [0.25, 0.3) is 0 Å². The molecule has 36 valence electrons. The molecule has 0 aliphatic carbocycles. The monoisotopic (exact) mass is 88.1 g/mol. The molecule has 0 amide bonds. The average molecular weight is 88.1 g/mol. The zero-order chi connectivity index (χ0) is 4.99. The maximum atomic E-state index is 8.30. The van der Waals surface area contributed by atoms with Crippen molar-refractivity contribution in [1.82, 2.24) is 0 Å². The van der Waals surface area contributed by atoms with Crippen LogP contribution in [-0.2, 0) is 0 Å². The van der Waals surface area contributed by atoms with E-state index in [0.29, 0.717) is 0 Å². The molecule has 0 rings (SSSR count). The highest BCUT2D eigenvalue weighted by atomic mass is 16.3. The van der Waals surface area contributed by atoms with Crippen LogP contribution in [0.5, 0.6) is 0 Å². The summed E-state index contributed by atoms with van der Waals surface area (Å²) in [6, 6.07) is 0. The van der Waals surface area contributed by atoms with Gasteiger partial charge in [-0.2, -0.15) is 0 Å². The molecule has 0 aromatic heterocycles. The number of aliphatic hydroxyl groups is 2. The minimum Gasteiger partial charge on any atom is -0.393 e. The molecule has 0 heterocycles. The molecule has 0 radical (unpaired) electrons. The fraction of sp³-hybridized carbons (Fsp3) is 0.500. The molecule has 2 N–H and O–H groups in total. The summed E-state index contributed by atoms with van der Waals surface area (Å²) < 4.78 is 0. The summed E-state index contributed by atoms with van der Waals surface area (Å²) in [5.41, 5.74) is 0. The average Bonchev–Trinajstić information content (AvgIpc) is 1.65. The molecule has 0 unspecified atom stereocenters. The first-order chi connectivity index (χ1) is 2.81. The zero-order valence-corrected chi connectivity index (χ0v) is 3.46. The fourth-order valence-corrected chi connectivity index (χ4v) is 0.0745. The van der Waals surface area contributed by atoms with E-state index in [9.17, 15) is 0 Å². The van der Waals surface area contributed by atoms with Crippen molar-refractivity contribution in [1.29, 1.82) is 0 Å². The van der Waals surface area contributed by atoms with E-state index >= 15 is 0 Å². The van der Waals surface area contributed by atoms with Crippen molar-refractivity contribution in [2.75, 3.05) is 6.61 Å². The number of aliphatic hydroxyl groups excluding tert-OH is 2. The molecular weight excluding hydrogens is 80.0 g/mol. The fourth-order valence-electron chi connectivity index (χ4n) is 0.0745. The van der Waals surface area contributed by atoms with Gasteiger partial charge in [-0.25, -0.2) is 0 Å². The third-order valence-electron chi connectivity index (χ3n) is 0.459. The van der Waals surface area contributed by atoms with Gasteiger partial charge in [0.1, 0.15) is 0 Å². The van der Waals surface area contributed by atoms with E-state index in [2.05, 4.69) is 6.58 Å². The van der Waals surface area contributed by atoms with Crippen molar-refractivity contribution >= 4 is 0 Å². The van der Waals surface area contributed by atoms with Crippen LogP contribution in [0, 0.1) is 0 Å². The van der Waals surface area contributed by atoms with Gasteiger partial charge < -0.3 is 10.2 Å². The van der Waals surface area contributed by atoms with E-state index in [1.54, 1.807) is 0 Å². The van der Waals surface area contributed by atoms with Crippen molar-refractivity contribution in [3.63, 3.8) is 0 Å². The van der Waals surface area contributed by atoms with E-state index in [1.807, 2.05) is 0 Å². The van der Waals surface area contributed by atoms with Crippen molar-refractivity contribution < 1.29 is 10.2 Å². The lowest BCUT2D eigenvalue weighted by Gasteiger charge is -1.93. The van der Waals surface area contributed by atoms with Crippen LogP contribution in [0.2, 0.25) is 0 Å². The molecule has 1 atom stereocenters. The third kappa shape index (κ3) is 1.93. The summed E-state index contributed by atoms with van der Waals surface area (Å²) in [5, 5.41) is 16.3. The standard InChI is InChI=1S/C4H8O2/c1-2-4(6)3-5/h2,4-6H,1,3H2/t4-/m0/s1. The highest BCUT2D eigenvalue weighted by Crippen LogP contribution is 1.75. The Bertz CT molecular complexity index is 42.8. The first-order valence-corrected chi connectivity index (χ1v) is 1.72. The lowest BCUT2D eigenvalue weighted by molar-refractivity contribution is 0.131. The Morgan fingerprint density at radius 3 is 2.33 bits per heavy atom. The lowest BCUT2D eigenvalue weighted by atomic mass is 10.4. The van der Waals surface area contributed by atoms with Crippen LogP contribution in [0.4, 0.5) is 0 Å². The maximum Gasteiger partial charge on any atom is 0.0949 e. The number of hydrogen-bond donors (Lipinski definition) is 2. The second-order valence-corrected chi connectivity index (χ2v) is 0.986. The van der Waals surface area contributed by atoms with E-state index in [0.717, 1.165) is 0 Å². The molecule has 0 aromatic rings. The molecule has 0 aliphatic rings. The van der Waals surface area contributed by atoms with Crippen molar-refractivity contribution in [2.24, 2.45) is 0 Å². The SMILES string of the molecule is C=C[C@H](O)CO. The molecule has 2 heteroatoms. The second-order valence-electron chi connectivity index (χ2n) is 0.986. The van der Waals surface area contributed by atoms with Gasteiger partial charge in [0.25, 0.3) is 0 Å². The smallest absolute Gasteiger partial charge is 0.0949 e. The molecule has 2 nitrogen and oxygen atoms in total. The summed E-state index contributed by atoms with van der Waals surface area (Å²) in [4.78, 5) is 0. The first kappa shape index (κ1) is 5.66. The van der Waals surface area contributed by atoms with Gasteiger partial charge in [-0.15, -0.1) is 6.58 Å². The minimum atomic E-state index is -0.745. The van der Waals surface area contributed by atoms with E-state index in [4.69, 9.17) is 10.2 Å². The van der Waals surface area contributed by atoms with Gasteiger partial charge in [-0.3, -0.25) is 0 Å². The van der Waals surface area contributed by atoms with Gasteiger partial charge in [0, 0.05) is 0 Å². The van der Waals surface area contributed by atoms with Crippen LogP contribution in [0.3, 0.4) is 0 Å². The predicted molar refractivity (Wildman–Crippen MR) is 23.3 cm³/mol. The predicted octanol–water partition coefficient (Wildman–Crippen LogP) is -0.474. The lowest BCUT2D eigenvalue weighted by Crippen LogP contribution is -2.05. The molecule has 6 heavy (non-hydrogen) atoms. The van der Waals surface area contributed by atoms with Gasteiger partial charge in [-0.1, -0.05) is 6.08 Å². The van der Waals surface area contributed by atoms with Crippen LogP contribution < -0.4 is 0 Å². The largest absolute Gasteiger partial charge is 0.393 e. The first-order valence-electron chi connectivity index (χ1n) is 1.72. The van der Waals surface area contributed by atoms with Crippen molar-refractivity contribution in [3.8, 4) is 0 Å². The summed E-state index contributed by atoms with van der Waals surface area (Å²) in [7, 11) is 0. The van der Waals surface area contributed by atoms with E-state index < -0.39 is 6.10 Å². The van der Waals surface area contributed by atoms with Crippen LogP contribution >= 0.6 is 0 Å². The van der Waals surface area contributed by atoms with Crippen LogP contribution in [0.15, 0.2) is 12.7 Å². The van der Waals surface area contributed by atoms with Crippen molar-refractivity contribution in [3.05, 3.63) is 12.7 Å². The third-order valence-corrected chi connectivity index (χ3v) is 0.459. The molecule has 0 aliphatic heterocycles. The topological polar surface area (TPSA) is 40.5 Å². The summed E-state index contributed by atoms with van der Waals surface area (Å²) >= 11 is 0. The normalized spacial score (nSPS) is 13.7. The molecule has 0 aromatic carbocycles. The van der Waals surface area contributed by atoms with E-state index in [-0.39, 0.29) is 6.61 Å². The van der Waals surface area contributed by atoms with Gasteiger partial charge in [0.05, 0.1) is 12.7 Å². The van der Waals surface area contributed by atoms with Gasteiger partial charge >= 0.3 is 0 Å². The molecular formula is C4H8O2. The Balaban J connectivity index is 2.96. The zero-order valence-electron chi connectivity index (χ0n) is 3.46. The molecule has 0 bridgehead atoms. The Morgan fingerprint density at radius 1 is 1.83 bits per heavy atom. The number of hydrogen-bond acceptors (Lipinski definition) is 2. The Kier molecular flexibility index (Phi) is 2.71. The highest BCUT2D eigenvalue weighted by molar-refractivity contribution is 4.75. The molecule has 0 saturated carbocycles. The molecule has 0 fully saturated rings. The second kappa shape index (κ2) is 2.87. The van der Waals surface area contributed by atoms with Gasteiger partial charge in [-0.05, 0) is 0 Å². The Morgan fingerprint density at radius 2 is 2.33 bits per heavy atom. The molecule has 0 spiro atoms. The minimum absolute atomic E-state index is 0.233. The summed E-state index contributed by atoms with van der Waals surface area (Å²) in [6.07, 6.45) is 0.532. The Hall–Kier alpha value is -0.340.